The van der Waals surface area contributed by atoms with Crippen molar-refractivity contribution in [2.24, 2.45) is 5.92 Å². The van der Waals surface area contributed by atoms with E-state index >= 15 is 0 Å². The number of aromatic nitrogens is 2. The van der Waals surface area contributed by atoms with Gasteiger partial charge in [0.05, 0.1) is 12.5 Å². The Bertz CT molecular complexity index is 841. The van der Waals surface area contributed by atoms with Crippen molar-refractivity contribution in [3.8, 4) is 0 Å². The fourth-order valence-electron chi connectivity index (χ4n) is 3.53. The minimum absolute atomic E-state index is 0.0963. The zero-order chi connectivity index (χ0) is 18.8. The first kappa shape index (κ1) is 18.6. The average molecular weight is 376 g/mol. The highest BCUT2D eigenvalue weighted by Gasteiger charge is 2.27. The quantitative estimate of drug-likeness (QED) is 0.797. The Hall–Kier alpha value is -2.22. The fourth-order valence-corrected chi connectivity index (χ4v) is 4.68. The summed E-state index contributed by atoms with van der Waals surface area (Å²) < 4.78 is 4.88. The van der Waals surface area contributed by atoms with E-state index in [1.54, 1.807) is 7.05 Å². The summed E-state index contributed by atoms with van der Waals surface area (Å²) in [4.78, 5) is 34.2. The Kier molecular flexibility index (Phi) is 5.41. The van der Waals surface area contributed by atoms with Gasteiger partial charge in [-0.25, -0.2) is 14.8 Å². The number of ether oxygens (including phenoxy) is 1. The molecule has 1 aliphatic carbocycles. The third-order valence-electron chi connectivity index (χ3n) is 4.96. The van der Waals surface area contributed by atoms with Crippen molar-refractivity contribution in [3.05, 3.63) is 16.3 Å². The van der Waals surface area contributed by atoms with Gasteiger partial charge in [-0.15, -0.1) is 11.3 Å². The van der Waals surface area contributed by atoms with Crippen LogP contribution in [0.15, 0.2) is 0 Å². The molecule has 0 spiro atoms. The molecule has 3 rings (SSSR count). The van der Waals surface area contributed by atoms with E-state index in [2.05, 4.69) is 20.6 Å². The Labute approximate surface area is 156 Å². The summed E-state index contributed by atoms with van der Waals surface area (Å²) in [5, 5.41) is 7.14. The van der Waals surface area contributed by atoms with Crippen molar-refractivity contribution in [1.82, 2.24) is 15.3 Å². The molecule has 1 aliphatic rings. The molecular weight excluding hydrogens is 352 g/mol. The van der Waals surface area contributed by atoms with Gasteiger partial charge in [-0.05, 0) is 45.1 Å². The predicted molar refractivity (Wildman–Crippen MR) is 102 cm³/mol. The molecule has 1 amide bonds. The standard InChI is InChI=1S/C18H24N4O3S/c1-9-13-15(22-12-7-5-11(6-8-12)16(23)19-3)20-10(2)21-17(13)26-14(9)18(24)25-4/h11-12H,5-8H2,1-4H3,(H,19,23)(H,20,21,22). The van der Waals surface area contributed by atoms with Crippen LogP contribution in [0.3, 0.4) is 0 Å². The summed E-state index contributed by atoms with van der Waals surface area (Å²) in [5.74, 6) is 1.30. The molecule has 0 bridgehead atoms. The molecule has 0 radical (unpaired) electrons. The normalized spacial score (nSPS) is 20.0. The first-order valence-electron chi connectivity index (χ1n) is 8.78. The van der Waals surface area contributed by atoms with Crippen molar-refractivity contribution in [1.29, 1.82) is 0 Å². The van der Waals surface area contributed by atoms with E-state index in [0.29, 0.717) is 10.7 Å². The lowest BCUT2D eigenvalue weighted by Crippen LogP contribution is -2.34. The van der Waals surface area contributed by atoms with E-state index in [1.165, 1.54) is 18.4 Å². The second kappa shape index (κ2) is 7.57. The largest absolute Gasteiger partial charge is 0.465 e. The van der Waals surface area contributed by atoms with Crippen molar-refractivity contribution in [2.45, 2.75) is 45.6 Å². The maximum atomic E-state index is 12.0. The number of hydrogen-bond acceptors (Lipinski definition) is 7. The Morgan fingerprint density at radius 2 is 1.85 bits per heavy atom. The molecule has 0 aliphatic heterocycles. The van der Waals surface area contributed by atoms with Gasteiger partial charge in [-0.3, -0.25) is 4.79 Å². The maximum absolute atomic E-state index is 12.0. The molecule has 2 aromatic heterocycles. The van der Waals surface area contributed by atoms with Crippen LogP contribution in [0.4, 0.5) is 5.82 Å². The predicted octanol–water partition coefficient (Wildman–Crippen LogP) is 2.81. The molecule has 2 heterocycles. The van der Waals surface area contributed by atoms with Crippen molar-refractivity contribution in [2.75, 3.05) is 19.5 Å². The molecule has 0 saturated heterocycles. The SMILES string of the molecule is CNC(=O)C1CCC(Nc2nc(C)nc3sc(C(=O)OC)c(C)c23)CC1. The molecule has 26 heavy (non-hydrogen) atoms. The minimum atomic E-state index is -0.347. The molecular formula is C18H24N4O3S. The van der Waals surface area contributed by atoms with Crippen LogP contribution in [-0.4, -0.2) is 42.0 Å². The van der Waals surface area contributed by atoms with Gasteiger partial charge in [-0.1, -0.05) is 0 Å². The summed E-state index contributed by atoms with van der Waals surface area (Å²) in [5.41, 5.74) is 0.846. The van der Waals surface area contributed by atoms with E-state index in [0.717, 1.165) is 47.3 Å². The van der Waals surface area contributed by atoms with Gasteiger partial charge >= 0.3 is 5.97 Å². The van der Waals surface area contributed by atoms with Crippen LogP contribution in [-0.2, 0) is 9.53 Å². The molecule has 7 nitrogen and oxygen atoms in total. The number of rotatable bonds is 4. The number of carbonyl (C=O) groups excluding carboxylic acids is 2. The molecule has 0 atom stereocenters. The number of nitrogens with zero attached hydrogens (tertiary/aromatic N) is 2. The smallest absolute Gasteiger partial charge is 0.348 e. The number of fused-ring (bicyclic) bond motifs is 1. The molecule has 0 aromatic carbocycles. The van der Waals surface area contributed by atoms with Gasteiger partial charge in [0.25, 0.3) is 0 Å². The zero-order valence-electron chi connectivity index (χ0n) is 15.5. The van der Waals surface area contributed by atoms with Crippen LogP contribution >= 0.6 is 11.3 Å². The summed E-state index contributed by atoms with van der Waals surface area (Å²) in [7, 11) is 3.07. The number of anilines is 1. The highest BCUT2D eigenvalue weighted by atomic mass is 32.1. The summed E-state index contributed by atoms with van der Waals surface area (Å²) in [6.07, 6.45) is 3.55. The Morgan fingerprint density at radius 1 is 1.15 bits per heavy atom. The van der Waals surface area contributed by atoms with Gasteiger partial charge in [0.1, 0.15) is 21.3 Å². The number of carbonyl (C=O) groups is 2. The number of aryl methyl sites for hydroxylation is 2. The number of amides is 1. The van der Waals surface area contributed by atoms with E-state index < -0.39 is 0 Å². The zero-order valence-corrected chi connectivity index (χ0v) is 16.3. The van der Waals surface area contributed by atoms with Gasteiger partial charge in [0.15, 0.2) is 0 Å². The van der Waals surface area contributed by atoms with Crippen LogP contribution < -0.4 is 10.6 Å². The number of methoxy groups -OCH3 is 1. The second-order valence-electron chi connectivity index (χ2n) is 6.65. The molecule has 2 N–H and O–H groups in total. The lowest BCUT2D eigenvalue weighted by molar-refractivity contribution is -0.125. The second-order valence-corrected chi connectivity index (χ2v) is 7.65. The van der Waals surface area contributed by atoms with E-state index in [1.807, 2.05) is 13.8 Å². The van der Waals surface area contributed by atoms with Crippen molar-refractivity contribution in [3.63, 3.8) is 0 Å². The molecule has 1 fully saturated rings. The molecule has 2 aromatic rings. The average Bonchev–Trinajstić information content (AvgIpc) is 2.97. The Balaban J connectivity index is 1.85. The highest BCUT2D eigenvalue weighted by Crippen LogP contribution is 2.35. The first-order chi connectivity index (χ1) is 12.4. The topological polar surface area (TPSA) is 93.2 Å². The molecule has 140 valence electrons. The monoisotopic (exact) mass is 376 g/mol. The van der Waals surface area contributed by atoms with Gasteiger partial charge in [0.2, 0.25) is 5.91 Å². The van der Waals surface area contributed by atoms with Crippen molar-refractivity contribution >= 4 is 39.2 Å². The summed E-state index contributed by atoms with van der Waals surface area (Å²) in [6.45, 7) is 3.75. The first-order valence-corrected chi connectivity index (χ1v) is 9.60. The molecule has 8 heteroatoms. The van der Waals surface area contributed by atoms with Gasteiger partial charge in [0, 0.05) is 19.0 Å². The lowest BCUT2D eigenvalue weighted by Gasteiger charge is -2.28. The molecule has 0 unspecified atom stereocenters. The van der Waals surface area contributed by atoms with E-state index in [-0.39, 0.29) is 23.8 Å². The third kappa shape index (κ3) is 3.51. The van der Waals surface area contributed by atoms with Crippen LogP contribution in [0.2, 0.25) is 0 Å². The van der Waals surface area contributed by atoms with Crippen molar-refractivity contribution < 1.29 is 14.3 Å². The van der Waals surface area contributed by atoms with E-state index in [4.69, 9.17) is 4.74 Å². The number of thiophene rings is 1. The lowest BCUT2D eigenvalue weighted by atomic mass is 9.85. The number of esters is 1. The summed E-state index contributed by atoms with van der Waals surface area (Å²) in [6, 6.07) is 0.259. The third-order valence-corrected chi connectivity index (χ3v) is 6.12. The van der Waals surface area contributed by atoms with Crippen LogP contribution in [0, 0.1) is 19.8 Å². The fraction of sp³-hybridized carbons (Fsp3) is 0.556. The number of hydrogen-bond donors (Lipinski definition) is 2. The van der Waals surface area contributed by atoms with Gasteiger partial charge in [-0.2, -0.15) is 0 Å². The van der Waals surface area contributed by atoms with Gasteiger partial charge < -0.3 is 15.4 Å². The summed E-state index contributed by atoms with van der Waals surface area (Å²) >= 11 is 1.34. The maximum Gasteiger partial charge on any atom is 0.348 e. The Morgan fingerprint density at radius 3 is 2.46 bits per heavy atom. The van der Waals surface area contributed by atoms with Crippen LogP contribution in [0.25, 0.3) is 10.2 Å². The minimum Gasteiger partial charge on any atom is -0.465 e. The number of nitrogens with one attached hydrogen (secondary N) is 2. The van der Waals surface area contributed by atoms with Crippen LogP contribution in [0.5, 0.6) is 0 Å². The highest BCUT2D eigenvalue weighted by molar-refractivity contribution is 7.20. The van der Waals surface area contributed by atoms with E-state index in [9.17, 15) is 9.59 Å². The molecule has 1 saturated carbocycles. The van der Waals surface area contributed by atoms with Crippen LogP contribution in [0.1, 0.15) is 46.7 Å².